The lowest BCUT2D eigenvalue weighted by atomic mass is 10.2. The van der Waals surface area contributed by atoms with E-state index < -0.39 is 4.92 Å². The average molecular weight is 273 g/mol. The Balaban J connectivity index is 2.49. The fourth-order valence-corrected chi connectivity index (χ4v) is 1.55. The van der Waals surface area contributed by atoms with Crippen molar-refractivity contribution in [2.24, 2.45) is 5.92 Å². The van der Waals surface area contributed by atoms with Crippen LogP contribution in [0.4, 0.5) is 11.4 Å². The number of nitro benzene ring substituents is 1. The minimum absolute atomic E-state index is 0.0219. The summed E-state index contributed by atoms with van der Waals surface area (Å²) in [5, 5.41) is 14.1. The monoisotopic (exact) mass is 272 g/mol. The largest absolute Gasteiger partial charge is 0.379 e. The van der Waals surface area contributed by atoms with Gasteiger partial charge in [-0.3, -0.25) is 10.1 Å². The predicted molar refractivity (Wildman–Crippen MR) is 72.3 cm³/mol. The van der Waals surface area contributed by atoms with E-state index in [1.807, 2.05) is 0 Å². The summed E-state index contributed by atoms with van der Waals surface area (Å²) in [6.45, 7) is 5.85. The molecule has 0 aliphatic heterocycles. The first-order chi connectivity index (χ1) is 8.50. The van der Waals surface area contributed by atoms with Crippen LogP contribution in [0, 0.1) is 16.0 Å². The molecule has 0 spiro atoms. The first-order valence-corrected chi connectivity index (χ1v) is 6.14. The lowest BCUT2D eigenvalue weighted by molar-refractivity contribution is -0.383. The Hall–Kier alpha value is -1.33. The Kier molecular flexibility index (Phi) is 5.88. The number of hydrogen-bond donors (Lipinski definition) is 1. The van der Waals surface area contributed by atoms with Crippen LogP contribution in [0.3, 0.4) is 0 Å². The molecule has 100 valence electrons. The standard InChI is InChI=1S/C12H17ClN2O3/c1-9(2)8-18-6-5-14-11-4-3-10(13)7-12(11)15(16)17/h3-4,7,9,14H,5-6,8H2,1-2H3. The number of benzene rings is 1. The fraction of sp³-hybridized carbons (Fsp3) is 0.500. The summed E-state index contributed by atoms with van der Waals surface area (Å²) in [5.41, 5.74) is 0.434. The van der Waals surface area contributed by atoms with Gasteiger partial charge < -0.3 is 10.1 Å². The Morgan fingerprint density at radius 3 is 2.83 bits per heavy atom. The van der Waals surface area contributed by atoms with E-state index in [-0.39, 0.29) is 5.69 Å². The molecule has 0 unspecified atom stereocenters. The quantitative estimate of drug-likeness (QED) is 0.470. The van der Waals surface area contributed by atoms with E-state index in [2.05, 4.69) is 19.2 Å². The van der Waals surface area contributed by atoms with Crippen LogP contribution in [0.1, 0.15) is 13.8 Å². The summed E-state index contributed by atoms with van der Waals surface area (Å²) < 4.78 is 5.38. The zero-order valence-corrected chi connectivity index (χ0v) is 11.2. The maximum atomic E-state index is 10.8. The van der Waals surface area contributed by atoms with E-state index in [1.165, 1.54) is 6.07 Å². The Morgan fingerprint density at radius 2 is 2.22 bits per heavy atom. The van der Waals surface area contributed by atoms with E-state index in [0.717, 1.165) is 0 Å². The van der Waals surface area contributed by atoms with E-state index in [0.29, 0.717) is 36.4 Å². The van der Waals surface area contributed by atoms with Crippen molar-refractivity contribution in [2.75, 3.05) is 25.1 Å². The van der Waals surface area contributed by atoms with Gasteiger partial charge in [0.05, 0.1) is 11.5 Å². The Labute approximate surface area is 111 Å². The second-order valence-corrected chi connectivity index (χ2v) is 4.75. The molecule has 0 amide bonds. The molecule has 5 nitrogen and oxygen atoms in total. The van der Waals surface area contributed by atoms with Gasteiger partial charge in [-0.25, -0.2) is 0 Å². The van der Waals surface area contributed by atoms with Crippen molar-refractivity contribution in [3.05, 3.63) is 33.3 Å². The molecule has 0 saturated heterocycles. The molecule has 1 N–H and O–H groups in total. The minimum atomic E-state index is -0.455. The molecule has 0 aliphatic rings. The molecule has 0 heterocycles. The maximum Gasteiger partial charge on any atom is 0.293 e. The highest BCUT2D eigenvalue weighted by Gasteiger charge is 2.13. The lowest BCUT2D eigenvalue weighted by Crippen LogP contribution is -2.12. The highest BCUT2D eigenvalue weighted by atomic mass is 35.5. The summed E-state index contributed by atoms with van der Waals surface area (Å²) in [4.78, 5) is 10.4. The summed E-state index contributed by atoms with van der Waals surface area (Å²) in [6.07, 6.45) is 0. The van der Waals surface area contributed by atoms with Crippen molar-refractivity contribution in [1.82, 2.24) is 0 Å². The van der Waals surface area contributed by atoms with Gasteiger partial charge in [0.25, 0.3) is 5.69 Å². The highest BCUT2D eigenvalue weighted by molar-refractivity contribution is 6.30. The summed E-state index contributed by atoms with van der Waals surface area (Å²) in [6, 6.07) is 4.55. The van der Waals surface area contributed by atoms with Gasteiger partial charge in [0.2, 0.25) is 0 Å². The van der Waals surface area contributed by atoms with Crippen molar-refractivity contribution in [3.63, 3.8) is 0 Å². The number of halogens is 1. The summed E-state index contributed by atoms with van der Waals surface area (Å²) >= 11 is 5.72. The third-order valence-electron chi connectivity index (χ3n) is 2.17. The van der Waals surface area contributed by atoms with Gasteiger partial charge in [-0.05, 0) is 18.1 Å². The zero-order chi connectivity index (χ0) is 13.5. The molecule has 18 heavy (non-hydrogen) atoms. The van der Waals surface area contributed by atoms with Crippen molar-refractivity contribution in [3.8, 4) is 0 Å². The van der Waals surface area contributed by atoms with E-state index >= 15 is 0 Å². The smallest absolute Gasteiger partial charge is 0.293 e. The van der Waals surface area contributed by atoms with Crippen LogP contribution < -0.4 is 5.32 Å². The predicted octanol–water partition coefficient (Wildman–Crippen LogP) is 3.33. The molecule has 0 aliphatic carbocycles. The van der Waals surface area contributed by atoms with Crippen LogP contribution in [-0.4, -0.2) is 24.7 Å². The number of anilines is 1. The van der Waals surface area contributed by atoms with Crippen LogP contribution in [0.2, 0.25) is 5.02 Å². The van der Waals surface area contributed by atoms with E-state index in [4.69, 9.17) is 16.3 Å². The number of hydrogen-bond acceptors (Lipinski definition) is 4. The third-order valence-corrected chi connectivity index (χ3v) is 2.40. The van der Waals surface area contributed by atoms with Crippen molar-refractivity contribution in [1.29, 1.82) is 0 Å². The third kappa shape index (κ3) is 4.89. The van der Waals surface area contributed by atoms with E-state index in [1.54, 1.807) is 12.1 Å². The Bertz CT molecular complexity index is 410. The highest BCUT2D eigenvalue weighted by Crippen LogP contribution is 2.27. The molecular formula is C12H17ClN2O3. The molecule has 1 aromatic rings. The van der Waals surface area contributed by atoms with Gasteiger partial charge in [-0.1, -0.05) is 25.4 Å². The molecule has 0 saturated carbocycles. The van der Waals surface area contributed by atoms with Crippen molar-refractivity contribution in [2.45, 2.75) is 13.8 Å². The van der Waals surface area contributed by atoms with Crippen molar-refractivity contribution >= 4 is 23.0 Å². The van der Waals surface area contributed by atoms with Gasteiger partial charge in [-0.2, -0.15) is 0 Å². The molecule has 0 atom stereocenters. The number of nitro groups is 1. The second-order valence-electron chi connectivity index (χ2n) is 4.31. The molecule has 1 aromatic carbocycles. The molecule has 0 aromatic heterocycles. The van der Waals surface area contributed by atoms with E-state index in [9.17, 15) is 10.1 Å². The van der Waals surface area contributed by atoms with Crippen molar-refractivity contribution < 1.29 is 9.66 Å². The average Bonchev–Trinajstić information content (AvgIpc) is 2.29. The molecule has 0 bridgehead atoms. The van der Waals surface area contributed by atoms with Gasteiger partial charge in [0, 0.05) is 24.2 Å². The fourth-order valence-electron chi connectivity index (χ4n) is 1.38. The molecular weight excluding hydrogens is 256 g/mol. The molecule has 6 heteroatoms. The number of ether oxygens (including phenoxy) is 1. The van der Waals surface area contributed by atoms with Crippen LogP contribution in [0.15, 0.2) is 18.2 Å². The Morgan fingerprint density at radius 1 is 1.50 bits per heavy atom. The minimum Gasteiger partial charge on any atom is -0.379 e. The molecule has 0 radical (unpaired) electrons. The summed E-state index contributed by atoms with van der Waals surface area (Å²) in [7, 11) is 0. The SMILES string of the molecule is CC(C)COCCNc1ccc(Cl)cc1[N+](=O)[O-]. The molecule has 0 fully saturated rings. The zero-order valence-electron chi connectivity index (χ0n) is 10.5. The van der Waals surface area contributed by atoms with Crippen LogP contribution in [-0.2, 0) is 4.74 Å². The normalized spacial score (nSPS) is 10.7. The molecule has 1 rings (SSSR count). The topological polar surface area (TPSA) is 64.4 Å². The second kappa shape index (κ2) is 7.18. The van der Waals surface area contributed by atoms with Crippen LogP contribution >= 0.6 is 11.6 Å². The van der Waals surface area contributed by atoms with Gasteiger partial charge in [0.15, 0.2) is 0 Å². The summed E-state index contributed by atoms with van der Waals surface area (Å²) in [5.74, 6) is 0.481. The first kappa shape index (κ1) is 14.7. The number of nitrogens with one attached hydrogen (secondary N) is 1. The first-order valence-electron chi connectivity index (χ1n) is 5.76. The van der Waals surface area contributed by atoms with Gasteiger partial charge in [0.1, 0.15) is 5.69 Å². The van der Waals surface area contributed by atoms with Gasteiger partial charge in [-0.15, -0.1) is 0 Å². The number of rotatable bonds is 7. The van der Waals surface area contributed by atoms with Crippen LogP contribution in [0.5, 0.6) is 0 Å². The lowest BCUT2D eigenvalue weighted by Gasteiger charge is -2.09. The van der Waals surface area contributed by atoms with Gasteiger partial charge >= 0.3 is 0 Å². The number of nitrogens with zero attached hydrogens (tertiary/aromatic N) is 1. The maximum absolute atomic E-state index is 10.8. The van der Waals surface area contributed by atoms with Crippen LogP contribution in [0.25, 0.3) is 0 Å².